The van der Waals surface area contributed by atoms with Crippen LogP contribution in [-0.4, -0.2) is 27.9 Å². The molecule has 26 aromatic rings. The van der Waals surface area contributed by atoms with Crippen LogP contribution < -0.4 is 9.47 Å². The van der Waals surface area contributed by atoms with E-state index in [2.05, 4.69) is 471 Å². The maximum atomic E-state index is 5.58. The Morgan fingerprint density at radius 2 is 0.386 bits per heavy atom. The zero-order chi connectivity index (χ0) is 88.2. The molecule has 0 atom stereocenters. The summed E-state index contributed by atoms with van der Waals surface area (Å²) in [6, 6.07) is 164. The predicted molar refractivity (Wildman–Crippen MR) is 562 cm³/mol. The third kappa shape index (κ3) is 13.2. The van der Waals surface area contributed by atoms with Crippen molar-refractivity contribution < 1.29 is 9.47 Å². The number of nitrogens with zero attached hydrogens (tertiary/aromatic N) is 3. The average Bonchev–Trinajstić information content (AvgIpc) is 1.58. The van der Waals surface area contributed by atoms with Crippen molar-refractivity contribution in [3.05, 3.63) is 466 Å². The lowest BCUT2D eigenvalue weighted by Gasteiger charge is -2.18. The molecule has 5 heteroatoms. The Bertz CT molecular complexity index is 8770. The van der Waals surface area contributed by atoms with Crippen molar-refractivity contribution in [1.82, 2.24) is 13.7 Å². The van der Waals surface area contributed by atoms with Gasteiger partial charge in [-0.1, -0.05) is 350 Å². The Morgan fingerprint density at radius 1 is 0.152 bits per heavy atom. The molecule has 3 heterocycles. The van der Waals surface area contributed by atoms with Crippen LogP contribution in [0.5, 0.6) is 11.5 Å². The molecular formula is C127H89N3O2. The van der Waals surface area contributed by atoms with Crippen LogP contribution in [0.1, 0.15) is 16.7 Å². The van der Waals surface area contributed by atoms with E-state index in [1.165, 1.54) is 225 Å². The first kappa shape index (κ1) is 78.6. The van der Waals surface area contributed by atoms with Gasteiger partial charge in [-0.3, -0.25) is 0 Å². The van der Waals surface area contributed by atoms with Crippen molar-refractivity contribution in [1.29, 1.82) is 0 Å². The molecule has 0 N–H and O–H groups in total. The molecule has 0 aliphatic carbocycles. The summed E-state index contributed by atoms with van der Waals surface area (Å²) < 4.78 is 18.3. The monoisotopic (exact) mass is 1690 g/mol. The second-order valence-corrected chi connectivity index (χ2v) is 35.0. The fourth-order valence-electron chi connectivity index (χ4n) is 21.3. The number of ether oxygens (including phenoxy) is 2. The van der Waals surface area contributed by atoms with Crippen LogP contribution in [0.25, 0.3) is 235 Å². The number of aryl methyl sites for hydroxylation is 3. The standard InChI is InChI=1S/C46H29N.C41H31NO2.C40H29N/c1-2-12-35-30(11-1)21-22-31-23-24-33(29-42(31)35)46-40-17-5-3-15-38(40)45(39-16-4-6-18-41(39)46)32-25-27-34(28-26-32)47-43-19-9-7-13-36(43)37-14-8-10-20-44(37)47;1-26-12-14-27(15-13-26)40-32-8-4-6-10-34(32)41(35-11-7-5-9-33(35)40)28-16-18-29(19-17-28)42-38-22-20-30(43-2)24-36(38)37-25-31(44-3)21-23-39(37)42;1-26-16-22-37-35(24-26)36-25-27(2)17-23-38(36)41(37)30-20-18-29(19-21-30)40-33-14-8-6-12-31(33)39(28-10-4-3-5-11-28)32-13-7-9-15-34(32)40/h1-29H;4-25H,1-3H3;3-25H,1-2H3. The van der Waals surface area contributed by atoms with E-state index >= 15 is 0 Å². The van der Waals surface area contributed by atoms with Crippen molar-refractivity contribution in [2.45, 2.75) is 20.8 Å². The van der Waals surface area contributed by atoms with E-state index in [1.54, 1.807) is 14.2 Å². The highest BCUT2D eigenvalue weighted by Crippen LogP contribution is 2.50. The average molecular weight is 1690 g/mol. The molecule has 132 heavy (non-hydrogen) atoms. The van der Waals surface area contributed by atoms with Gasteiger partial charge in [0.05, 0.1) is 47.3 Å². The zero-order valence-corrected chi connectivity index (χ0v) is 73.9. The molecule has 5 nitrogen and oxygen atoms in total. The van der Waals surface area contributed by atoms with Gasteiger partial charge in [-0.05, 0) is 289 Å². The van der Waals surface area contributed by atoms with Gasteiger partial charge in [0.2, 0.25) is 0 Å². The van der Waals surface area contributed by atoms with Gasteiger partial charge >= 0.3 is 0 Å². The summed E-state index contributed by atoms with van der Waals surface area (Å²) in [5, 5.41) is 27.8. The number of hydrogen-bond donors (Lipinski definition) is 0. The summed E-state index contributed by atoms with van der Waals surface area (Å²) in [7, 11) is 3.42. The molecule has 0 bridgehead atoms. The minimum atomic E-state index is 0.836. The molecule has 26 rings (SSSR count). The summed E-state index contributed by atoms with van der Waals surface area (Å²) >= 11 is 0. The van der Waals surface area contributed by atoms with Crippen LogP contribution in [0, 0.1) is 20.8 Å². The van der Waals surface area contributed by atoms with Crippen LogP contribution in [-0.2, 0) is 0 Å². The van der Waals surface area contributed by atoms with Crippen LogP contribution >= 0.6 is 0 Å². The minimum absolute atomic E-state index is 0.836. The predicted octanol–water partition coefficient (Wildman–Crippen LogP) is 34.5. The van der Waals surface area contributed by atoms with E-state index in [4.69, 9.17) is 9.47 Å². The number of rotatable bonds is 11. The normalized spacial score (nSPS) is 11.7. The van der Waals surface area contributed by atoms with E-state index < -0.39 is 0 Å². The first-order valence-corrected chi connectivity index (χ1v) is 45.5. The van der Waals surface area contributed by atoms with Gasteiger partial charge in [-0.15, -0.1) is 0 Å². The van der Waals surface area contributed by atoms with Gasteiger partial charge in [0.15, 0.2) is 0 Å². The third-order valence-corrected chi connectivity index (χ3v) is 27.3. The lowest BCUT2D eigenvalue weighted by Crippen LogP contribution is -1.95. The van der Waals surface area contributed by atoms with Gasteiger partial charge in [-0.25, -0.2) is 0 Å². The van der Waals surface area contributed by atoms with Crippen molar-refractivity contribution in [3.63, 3.8) is 0 Å². The number of benzene rings is 23. The summed E-state index contributed by atoms with van der Waals surface area (Å²) in [5.41, 5.74) is 29.5. The lowest BCUT2D eigenvalue weighted by molar-refractivity contribution is 0.415. The largest absolute Gasteiger partial charge is 0.497 e. The molecule has 0 fully saturated rings. The highest BCUT2D eigenvalue weighted by atomic mass is 16.5. The lowest BCUT2D eigenvalue weighted by atomic mass is 9.85. The molecule has 0 aliphatic rings. The molecule has 0 saturated heterocycles. The molecule has 0 aliphatic heterocycles. The fourth-order valence-corrected chi connectivity index (χ4v) is 21.3. The van der Waals surface area contributed by atoms with Crippen molar-refractivity contribution in [2.75, 3.05) is 14.2 Å². The van der Waals surface area contributed by atoms with Gasteiger partial charge in [0, 0.05) is 49.4 Å². The minimum Gasteiger partial charge on any atom is -0.497 e. The Morgan fingerprint density at radius 3 is 0.727 bits per heavy atom. The number of fused-ring (bicyclic) bond motifs is 18. The number of para-hydroxylation sites is 2. The number of aromatic nitrogens is 3. The fraction of sp³-hybridized carbons (Fsp3) is 0.0394. The Hall–Kier alpha value is -16.9. The molecule has 0 radical (unpaired) electrons. The van der Waals surface area contributed by atoms with Crippen LogP contribution in [0.3, 0.4) is 0 Å². The molecular weight excluding hydrogens is 1600 g/mol. The second kappa shape index (κ2) is 32.5. The quantitative estimate of drug-likeness (QED) is 0.0955. The first-order valence-electron chi connectivity index (χ1n) is 45.5. The number of methoxy groups -OCH3 is 2. The van der Waals surface area contributed by atoms with Crippen molar-refractivity contribution in [2.24, 2.45) is 0 Å². The first-order chi connectivity index (χ1) is 65.1. The zero-order valence-electron chi connectivity index (χ0n) is 73.9. The second-order valence-electron chi connectivity index (χ2n) is 35.0. The Labute approximate surface area is 765 Å². The van der Waals surface area contributed by atoms with Crippen molar-refractivity contribution >= 4 is 152 Å². The molecule has 0 spiro atoms. The van der Waals surface area contributed by atoms with E-state index in [9.17, 15) is 0 Å². The summed E-state index contributed by atoms with van der Waals surface area (Å²) in [5.74, 6) is 1.67. The summed E-state index contributed by atoms with van der Waals surface area (Å²) in [6.07, 6.45) is 0. The van der Waals surface area contributed by atoms with E-state index in [0.717, 1.165) is 39.0 Å². The molecule has 624 valence electrons. The highest BCUT2D eigenvalue weighted by molar-refractivity contribution is 6.26. The Balaban J connectivity index is 0.000000109. The van der Waals surface area contributed by atoms with E-state index in [1.807, 2.05) is 12.1 Å². The van der Waals surface area contributed by atoms with Crippen LogP contribution in [0.15, 0.2) is 449 Å². The summed E-state index contributed by atoms with van der Waals surface area (Å²) in [6.45, 7) is 6.48. The molecule has 3 aromatic heterocycles. The molecule has 23 aromatic carbocycles. The van der Waals surface area contributed by atoms with Crippen LogP contribution in [0.2, 0.25) is 0 Å². The Kier molecular flexibility index (Phi) is 19.3. The van der Waals surface area contributed by atoms with Crippen molar-refractivity contribution in [3.8, 4) is 95.3 Å². The molecule has 0 saturated carbocycles. The van der Waals surface area contributed by atoms with E-state index in [0.29, 0.717) is 0 Å². The molecule has 0 unspecified atom stereocenters. The van der Waals surface area contributed by atoms with Gasteiger partial charge < -0.3 is 23.2 Å². The number of hydrogen-bond acceptors (Lipinski definition) is 2. The smallest absolute Gasteiger partial charge is 0.119 e. The van der Waals surface area contributed by atoms with Gasteiger partial charge in [0.1, 0.15) is 11.5 Å². The highest BCUT2D eigenvalue weighted by Gasteiger charge is 2.24. The third-order valence-electron chi connectivity index (χ3n) is 27.3. The SMILES string of the molecule is COc1ccc2c(c1)c1cc(OC)ccc1n2-c1ccc(-c2c3ccccc3c(-c3ccc(C)cc3)c3ccccc23)cc1.Cc1ccc2c(c1)c1cc(C)ccc1n2-c1ccc(-c2c3ccccc3c(-c3ccccc3)c3ccccc23)cc1.c1ccc2c(c1)ccc1ccc(-c3c4ccccc4c(-c4ccc(-n5c6ccccc6c6ccccc65)cc4)c4ccccc34)cc12. The van der Waals surface area contributed by atoms with Gasteiger partial charge in [0.25, 0.3) is 0 Å². The maximum Gasteiger partial charge on any atom is 0.119 e. The molecule has 0 amide bonds. The van der Waals surface area contributed by atoms with Gasteiger partial charge in [-0.2, -0.15) is 0 Å². The maximum absolute atomic E-state index is 5.58. The topological polar surface area (TPSA) is 33.2 Å². The summed E-state index contributed by atoms with van der Waals surface area (Å²) in [4.78, 5) is 0. The van der Waals surface area contributed by atoms with Crippen LogP contribution in [0.4, 0.5) is 0 Å². The van der Waals surface area contributed by atoms with E-state index in [-0.39, 0.29) is 0 Å².